The van der Waals surface area contributed by atoms with Gasteiger partial charge in [0.25, 0.3) is 0 Å². The molecule has 1 atom stereocenters. The van der Waals surface area contributed by atoms with E-state index >= 15 is 0 Å². The van der Waals surface area contributed by atoms with Crippen LogP contribution in [0.5, 0.6) is 0 Å². The average Bonchev–Trinajstić information content (AvgIpc) is 3.12. The van der Waals surface area contributed by atoms with Crippen LogP contribution in [0.25, 0.3) is 32.7 Å². The molecule has 0 aliphatic rings. The van der Waals surface area contributed by atoms with Crippen molar-refractivity contribution in [2.24, 2.45) is 0 Å². The van der Waals surface area contributed by atoms with Crippen LogP contribution in [0.1, 0.15) is 31.7 Å². The van der Waals surface area contributed by atoms with Crippen molar-refractivity contribution < 1.29 is 20.8 Å². The fourth-order valence-corrected chi connectivity index (χ4v) is 3.47. The van der Waals surface area contributed by atoms with E-state index in [1.165, 1.54) is 44.7 Å². The van der Waals surface area contributed by atoms with Gasteiger partial charge in [-0.1, -0.05) is 74.4 Å². The zero-order chi connectivity index (χ0) is 18.5. The Kier molecular flexibility index (Phi) is 7.04. The summed E-state index contributed by atoms with van der Waals surface area (Å²) in [7, 11) is 9.87. The van der Waals surface area contributed by atoms with Crippen LogP contribution in [0.2, 0.25) is 0 Å². The monoisotopic (exact) mass is 457 g/mol. The molecule has 0 aliphatic carbocycles. The summed E-state index contributed by atoms with van der Waals surface area (Å²) in [6, 6.07) is 26.7. The summed E-state index contributed by atoms with van der Waals surface area (Å²) < 4.78 is 0. The molecule has 0 heterocycles. The van der Waals surface area contributed by atoms with Gasteiger partial charge in [0.15, 0.2) is 0 Å². The van der Waals surface area contributed by atoms with E-state index in [-0.39, 0.29) is 0 Å². The summed E-state index contributed by atoms with van der Waals surface area (Å²) in [5.41, 5.74) is 4.12. The van der Waals surface area contributed by atoms with Crippen LogP contribution in [0, 0.1) is 0 Å². The van der Waals surface area contributed by atoms with E-state index in [0.29, 0.717) is 5.92 Å². The van der Waals surface area contributed by atoms with Gasteiger partial charge in [-0.25, -0.2) is 0 Å². The standard InChI is InChI=1S/C23H21.2ClH.Zr/c1-3-16(2)19-14-18-10-7-13-22(23(18)15-19)21-12-6-9-17-8-4-5-11-20(17)21;;;/h4-16H,3H2,1-2H3;2*1H;/q-1;;;+2/p-2. The zero-order valence-electron chi connectivity index (χ0n) is 15.0. The Hall–Kier alpha value is -1.01. The molecular formula is C23H21Cl2Zr-. The summed E-state index contributed by atoms with van der Waals surface area (Å²) in [6.45, 7) is 4.57. The molecule has 0 saturated heterocycles. The molecule has 0 aliphatic heterocycles. The normalized spacial score (nSPS) is 11.8. The van der Waals surface area contributed by atoms with Crippen LogP contribution in [0.4, 0.5) is 0 Å². The van der Waals surface area contributed by atoms with E-state index in [1.807, 2.05) is 0 Å². The van der Waals surface area contributed by atoms with Gasteiger partial charge in [-0.3, -0.25) is 0 Å². The van der Waals surface area contributed by atoms with Crippen molar-refractivity contribution in [2.75, 3.05) is 0 Å². The van der Waals surface area contributed by atoms with Crippen LogP contribution in [-0.2, 0) is 20.8 Å². The third kappa shape index (κ3) is 4.11. The fourth-order valence-electron chi connectivity index (χ4n) is 3.47. The third-order valence-electron chi connectivity index (χ3n) is 5.03. The van der Waals surface area contributed by atoms with Crippen LogP contribution in [-0.4, -0.2) is 0 Å². The predicted molar refractivity (Wildman–Crippen MR) is 113 cm³/mol. The molecule has 0 fully saturated rings. The van der Waals surface area contributed by atoms with Gasteiger partial charge in [0, 0.05) is 0 Å². The Morgan fingerprint density at radius 3 is 2.23 bits per heavy atom. The van der Waals surface area contributed by atoms with E-state index in [4.69, 9.17) is 17.0 Å². The summed E-state index contributed by atoms with van der Waals surface area (Å²) in [5, 5.41) is 5.36. The molecule has 0 N–H and O–H groups in total. The first-order valence-electron chi connectivity index (χ1n) is 8.83. The first-order chi connectivity index (χ1) is 12.7. The molecule has 4 aromatic carbocycles. The molecule has 1 unspecified atom stereocenters. The number of benzene rings is 3. The number of fused-ring (bicyclic) bond motifs is 2. The number of rotatable bonds is 3. The van der Waals surface area contributed by atoms with E-state index in [1.54, 1.807) is 0 Å². The van der Waals surface area contributed by atoms with Crippen molar-refractivity contribution in [3.8, 4) is 11.1 Å². The van der Waals surface area contributed by atoms with Gasteiger partial charge in [-0.15, -0.1) is 34.5 Å². The molecule has 0 nitrogen and oxygen atoms in total. The zero-order valence-corrected chi connectivity index (χ0v) is 18.9. The molecule has 26 heavy (non-hydrogen) atoms. The van der Waals surface area contributed by atoms with E-state index < -0.39 is 20.8 Å². The molecule has 0 saturated carbocycles. The first-order valence-corrected chi connectivity index (χ1v) is 15.2. The Labute approximate surface area is 174 Å². The number of hydrogen-bond donors (Lipinski definition) is 0. The minimum absolute atomic E-state index is 0.614. The molecule has 0 radical (unpaired) electrons. The van der Waals surface area contributed by atoms with Gasteiger partial charge in [0.2, 0.25) is 0 Å². The minimum atomic E-state index is -0.826. The van der Waals surface area contributed by atoms with Crippen LogP contribution >= 0.6 is 17.0 Å². The fraction of sp³-hybridized carbons (Fsp3) is 0.174. The Bertz CT molecular complexity index is 998. The van der Waals surface area contributed by atoms with Crippen LogP contribution in [0.3, 0.4) is 0 Å². The number of halogens is 2. The predicted octanol–water partition coefficient (Wildman–Crippen LogP) is 8.27. The van der Waals surface area contributed by atoms with Crippen LogP contribution < -0.4 is 0 Å². The molecule has 0 amide bonds. The topological polar surface area (TPSA) is 0 Å². The second kappa shape index (κ2) is 9.27. The maximum absolute atomic E-state index is 4.93. The van der Waals surface area contributed by atoms with Gasteiger partial charge in [-0.2, -0.15) is 6.07 Å². The molecule has 132 valence electrons. The Morgan fingerprint density at radius 1 is 0.885 bits per heavy atom. The average molecular weight is 460 g/mol. The van der Waals surface area contributed by atoms with Gasteiger partial charge < -0.3 is 0 Å². The quantitative estimate of drug-likeness (QED) is 0.271. The SMILES string of the molecule is CCC(C)c1cc2c(-c3cccc4ccccc34)cccc2[cH-]1.[Cl][Zr][Cl]. The summed E-state index contributed by atoms with van der Waals surface area (Å²) in [4.78, 5) is 0. The van der Waals surface area contributed by atoms with Crippen molar-refractivity contribution in [1.29, 1.82) is 0 Å². The van der Waals surface area contributed by atoms with Gasteiger partial charge in [0.05, 0.1) is 0 Å². The summed E-state index contributed by atoms with van der Waals surface area (Å²) >= 11 is -0.826. The Morgan fingerprint density at radius 2 is 1.50 bits per heavy atom. The molecule has 3 heteroatoms. The molecule has 4 aromatic rings. The second-order valence-corrected chi connectivity index (χ2v) is 10.2. The van der Waals surface area contributed by atoms with E-state index in [2.05, 4.69) is 86.6 Å². The molecule has 0 bridgehead atoms. The number of hydrogen-bond acceptors (Lipinski definition) is 0. The molecule has 4 rings (SSSR count). The van der Waals surface area contributed by atoms with Crippen LogP contribution in [0.15, 0.2) is 72.8 Å². The summed E-state index contributed by atoms with van der Waals surface area (Å²) in [6.07, 6.45) is 1.18. The van der Waals surface area contributed by atoms with Crippen molar-refractivity contribution in [3.63, 3.8) is 0 Å². The van der Waals surface area contributed by atoms with E-state index in [0.717, 1.165) is 0 Å². The van der Waals surface area contributed by atoms with Crippen molar-refractivity contribution in [2.45, 2.75) is 26.2 Å². The van der Waals surface area contributed by atoms with E-state index in [9.17, 15) is 0 Å². The van der Waals surface area contributed by atoms with Gasteiger partial charge >= 0.3 is 37.9 Å². The van der Waals surface area contributed by atoms with Crippen molar-refractivity contribution in [3.05, 3.63) is 78.4 Å². The molecule has 0 spiro atoms. The van der Waals surface area contributed by atoms with Gasteiger partial charge in [-0.05, 0) is 22.3 Å². The summed E-state index contributed by atoms with van der Waals surface area (Å²) in [5.74, 6) is 0.614. The first kappa shape index (κ1) is 19.7. The van der Waals surface area contributed by atoms with Crippen molar-refractivity contribution >= 4 is 38.6 Å². The Balaban J connectivity index is 0.000000613. The molecular weight excluding hydrogens is 438 g/mol. The van der Waals surface area contributed by atoms with Gasteiger partial charge in [0.1, 0.15) is 0 Å². The third-order valence-corrected chi connectivity index (χ3v) is 5.03. The van der Waals surface area contributed by atoms with Crippen molar-refractivity contribution in [1.82, 2.24) is 0 Å². The molecule has 0 aromatic heterocycles. The maximum atomic E-state index is 4.93. The second-order valence-electron chi connectivity index (χ2n) is 6.50.